The lowest BCUT2D eigenvalue weighted by molar-refractivity contribution is -0.138. The molecule has 5 aromatic rings. The molecule has 1 N–H and O–H groups in total. The van der Waals surface area contributed by atoms with Crippen molar-refractivity contribution in [2.75, 3.05) is 13.1 Å². The molecule has 5 unspecified atom stereocenters. The van der Waals surface area contributed by atoms with Crippen LogP contribution in [0.5, 0.6) is 0 Å². The average Bonchev–Trinajstić information content (AvgIpc) is 3.73. The van der Waals surface area contributed by atoms with E-state index >= 15 is 4.39 Å². The van der Waals surface area contributed by atoms with Crippen molar-refractivity contribution in [3.8, 4) is 17.2 Å². The SMILES string of the molecule is Cc1nc(COC2CC(c3cc4c(C)nc5c(F)c(-c6cccc(Cl)c6Cl)c(CCC#N)cc5c4n3C3C4CNC3C4)N(C(=O)C3(C)CC3)C2)cs1. The number of thiazole rings is 1. The quantitative estimate of drug-likeness (QED) is 0.161. The lowest BCUT2D eigenvalue weighted by atomic mass is 9.79. The van der Waals surface area contributed by atoms with E-state index in [2.05, 4.69) is 38.8 Å². The summed E-state index contributed by atoms with van der Waals surface area (Å²) >= 11 is 14.7. The van der Waals surface area contributed by atoms with E-state index in [0.717, 1.165) is 53.1 Å². The van der Waals surface area contributed by atoms with Crippen molar-refractivity contribution >= 4 is 62.3 Å². The zero-order valence-electron chi connectivity index (χ0n) is 29.3. The molecule has 268 valence electrons. The predicted molar refractivity (Wildman–Crippen MR) is 202 cm³/mol. The van der Waals surface area contributed by atoms with E-state index in [9.17, 15) is 10.1 Å². The summed E-state index contributed by atoms with van der Waals surface area (Å²) in [6, 6.07) is 11.9. The van der Waals surface area contributed by atoms with Crippen LogP contribution in [-0.4, -0.2) is 50.6 Å². The summed E-state index contributed by atoms with van der Waals surface area (Å²) < 4.78 is 26.1. The highest BCUT2D eigenvalue weighted by molar-refractivity contribution is 7.09. The number of benzene rings is 2. The number of nitrogens with one attached hydrogen (secondary N) is 1. The number of ether oxygens (including phenoxy) is 1. The molecular weight excluding hydrogens is 718 g/mol. The van der Waals surface area contributed by atoms with Crippen molar-refractivity contribution in [3.05, 3.63) is 79.2 Å². The van der Waals surface area contributed by atoms with E-state index in [0.29, 0.717) is 64.7 Å². The molecule has 8 nitrogen and oxygen atoms in total. The molecular formula is C40H39Cl2FN6O2S. The molecule has 2 saturated carbocycles. The molecule has 2 bridgehead atoms. The van der Waals surface area contributed by atoms with Crippen LogP contribution in [0.1, 0.15) is 78.8 Å². The molecule has 2 aromatic carbocycles. The van der Waals surface area contributed by atoms with Gasteiger partial charge < -0.3 is 19.5 Å². The summed E-state index contributed by atoms with van der Waals surface area (Å²) in [6.45, 7) is 7.82. The minimum atomic E-state index is -0.478. The van der Waals surface area contributed by atoms with Crippen LogP contribution in [0.2, 0.25) is 10.0 Å². The standard InChI is InChI=1S/C40H39Cl2FN6O2S/c1-20-27-15-32(31-14-25(51-18-24-19-52-21(2)47-24)17-48(31)39(50)40(3)9-10-40)49(37-23-13-30(37)45-16-23)38(27)28-12-22(6-5-11-44)33(35(43)36(28)46-20)26-7-4-8-29(41)34(26)42/h4,7-8,12,15,19,23,25,30-31,37,45H,5-6,9-10,13-14,16-18H2,1-3H3. The maximum absolute atomic E-state index is 17.2. The molecule has 5 atom stereocenters. The Kier molecular flexibility index (Phi) is 8.40. The van der Waals surface area contributed by atoms with E-state index in [1.54, 1.807) is 29.5 Å². The highest BCUT2D eigenvalue weighted by Gasteiger charge is 2.53. The summed E-state index contributed by atoms with van der Waals surface area (Å²) in [6.07, 6.45) is 3.89. The van der Waals surface area contributed by atoms with Gasteiger partial charge >= 0.3 is 0 Å². The number of hydrogen-bond acceptors (Lipinski definition) is 7. The molecule has 3 saturated heterocycles. The van der Waals surface area contributed by atoms with Crippen LogP contribution in [0, 0.1) is 42.3 Å². The van der Waals surface area contributed by atoms with Crippen LogP contribution in [0.25, 0.3) is 32.9 Å². The van der Waals surface area contributed by atoms with Crippen molar-refractivity contribution in [1.29, 1.82) is 5.26 Å². The summed E-state index contributed by atoms with van der Waals surface area (Å²) in [7, 11) is 0. The molecule has 5 fully saturated rings. The van der Waals surface area contributed by atoms with Gasteiger partial charge in [0.05, 0.1) is 57.1 Å². The zero-order chi connectivity index (χ0) is 36.1. The Hall–Kier alpha value is -3.59. The Morgan fingerprint density at radius 2 is 2.02 bits per heavy atom. The third-order valence-electron chi connectivity index (χ3n) is 11.9. The number of likely N-dealkylation sites (tertiary alicyclic amines) is 1. The molecule has 6 heterocycles. The number of halogens is 3. The molecule has 5 aliphatic rings. The van der Waals surface area contributed by atoms with Crippen molar-refractivity contribution in [2.45, 2.75) is 90.1 Å². The second-order valence-electron chi connectivity index (χ2n) is 15.3. The fourth-order valence-corrected chi connectivity index (χ4v) is 9.94. The van der Waals surface area contributed by atoms with Gasteiger partial charge in [0.15, 0.2) is 5.82 Å². The normalized spacial score (nSPS) is 24.5. The number of rotatable bonds is 9. The van der Waals surface area contributed by atoms with Gasteiger partial charge in [-0.15, -0.1) is 11.3 Å². The number of aryl methyl sites for hydroxylation is 3. The van der Waals surface area contributed by atoms with Crippen LogP contribution in [-0.2, 0) is 22.6 Å². The number of hydrogen-bond donors (Lipinski definition) is 1. The Balaban J connectivity index is 1.24. The number of carbonyl (C=O) groups is 1. The summed E-state index contributed by atoms with van der Waals surface area (Å²) in [5.74, 6) is 0.114. The summed E-state index contributed by atoms with van der Waals surface area (Å²) in [4.78, 5) is 25.9. The smallest absolute Gasteiger partial charge is 0.229 e. The molecule has 3 aliphatic heterocycles. The summed E-state index contributed by atoms with van der Waals surface area (Å²) in [5.41, 5.74) is 4.98. The minimum Gasteiger partial charge on any atom is -0.370 e. The van der Waals surface area contributed by atoms with Gasteiger partial charge in [-0.2, -0.15) is 5.26 Å². The topological polar surface area (TPSA) is 96.1 Å². The second kappa shape index (κ2) is 12.8. The molecule has 1 amide bonds. The number of amides is 1. The molecule has 0 spiro atoms. The van der Waals surface area contributed by atoms with Gasteiger partial charge in [0.25, 0.3) is 0 Å². The van der Waals surface area contributed by atoms with Crippen LogP contribution < -0.4 is 5.32 Å². The number of nitriles is 1. The fourth-order valence-electron chi connectivity index (χ4n) is 8.95. The number of aromatic nitrogens is 3. The molecule has 10 rings (SSSR count). The van der Waals surface area contributed by atoms with E-state index in [4.69, 9.17) is 32.9 Å². The monoisotopic (exact) mass is 756 g/mol. The first-order valence-corrected chi connectivity index (χ1v) is 19.7. The second-order valence-corrected chi connectivity index (χ2v) is 17.2. The van der Waals surface area contributed by atoms with Gasteiger partial charge in [0.1, 0.15) is 5.52 Å². The molecule has 52 heavy (non-hydrogen) atoms. The van der Waals surface area contributed by atoms with Gasteiger partial charge in [-0.1, -0.05) is 42.3 Å². The number of fused-ring (bicyclic) bond motifs is 4. The lowest BCUT2D eigenvalue weighted by Crippen LogP contribution is -2.41. The Labute approximate surface area is 315 Å². The molecule has 2 aliphatic carbocycles. The highest BCUT2D eigenvalue weighted by Crippen LogP contribution is 2.53. The van der Waals surface area contributed by atoms with Crippen LogP contribution >= 0.6 is 34.5 Å². The fraction of sp³-hybridized carbons (Fsp3) is 0.450. The van der Waals surface area contributed by atoms with Gasteiger partial charge in [0.2, 0.25) is 5.91 Å². The van der Waals surface area contributed by atoms with Crippen molar-refractivity contribution in [1.82, 2.24) is 24.8 Å². The summed E-state index contributed by atoms with van der Waals surface area (Å²) in [5, 5.41) is 18.6. The first-order valence-electron chi connectivity index (χ1n) is 18.1. The largest absolute Gasteiger partial charge is 0.370 e. The maximum Gasteiger partial charge on any atom is 0.229 e. The van der Waals surface area contributed by atoms with Crippen LogP contribution in [0.3, 0.4) is 0 Å². The Bertz CT molecular complexity index is 2310. The first-order chi connectivity index (χ1) is 25.1. The third kappa shape index (κ3) is 5.46. The Morgan fingerprint density at radius 3 is 2.71 bits per heavy atom. The van der Waals surface area contributed by atoms with E-state index < -0.39 is 5.82 Å². The van der Waals surface area contributed by atoms with Crippen molar-refractivity contribution in [2.24, 2.45) is 11.3 Å². The van der Waals surface area contributed by atoms with Gasteiger partial charge in [-0.25, -0.2) is 14.4 Å². The molecule has 3 aromatic heterocycles. The average molecular weight is 758 g/mol. The van der Waals surface area contributed by atoms with E-state index in [1.807, 2.05) is 25.3 Å². The van der Waals surface area contributed by atoms with E-state index in [1.165, 1.54) is 0 Å². The number of carbonyl (C=O) groups excluding carboxylic acids is 1. The van der Waals surface area contributed by atoms with E-state index in [-0.39, 0.29) is 52.5 Å². The first kappa shape index (κ1) is 34.2. The van der Waals surface area contributed by atoms with Crippen molar-refractivity contribution in [3.63, 3.8) is 0 Å². The van der Waals surface area contributed by atoms with Gasteiger partial charge in [-0.05, 0) is 69.2 Å². The predicted octanol–water partition coefficient (Wildman–Crippen LogP) is 9.02. The minimum absolute atomic E-state index is 0.150. The zero-order valence-corrected chi connectivity index (χ0v) is 31.6. The maximum atomic E-state index is 17.2. The lowest BCUT2D eigenvalue weighted by Gasteiger charge is -2.39. The van der Waals surface area contributed by atoms with Gasteiger partial charge in [-0.3, -0.25) is 4.79 Å². The molecule has 12 heteroatoms. The number of nitrogens with zero attached hydrogens (tertiary/aromatic N) is 5. The molecule has 0 radical (unpaired) electrons. The van der Waals surface area contributed by atoms with Gasteiger partial charge in [0, 0.05) is 76.1 Å². The Morgan fingerprint density at radius 1 is 1.19 bits per heavy atom. The van der Waals surface area contributed by atoms with Crippen LogP contribution in [0.15, 0.2) is 35.7 Å². The van der Waals surface area contributed by atoms with Crippen molar-refractivity contribution < 1.29 is 13.9 Å². The number of pyridine rings is 1. The van der Waals surface area contributed by atoms with Crippen LogP contribution in [0.4, 0.5) is 4.39 Å². The third-order valence-corrected chi connectivity index (χ3v) is 13.6. The highest BCUT2D eigenvalue weighted by atomic mass is 35.5.